The summed E-state index contributed by atoms with van der Waals surface area (Å²) in [5.41, 5.74) is 0. The minimum Gasteiger partial charge on any atom is -0.377 e. The number of ether oxygens (including phenoxy) is 1. The van der Waals surface area contributed by atoms with Crippen molar-refractivity contribution >= 4 is 28.2 Å². The van der Waals surface area contributed by atoms with Crippen LogP contribution in [0.2, 0.25) is 0 Å². The van der Waals surface area contributed by atoms with E-state index in [0.29, 0.717) is 12.6 Å². The van der Waals surface area contributed by atoms with Gasteiger partial charge in [0.15, 0.2) is 0 Å². The van der Waals surface area contributed by atoms with Gasteiger partial charge in [-0.05, 0) is 12.2 Å². The second-order valence-electron chi connectivity index (χ2n) is 3.14. The molecule has 0 amide bonds. The molecule has 1 fully saturated rings. The third-order valence-electron chi connectivity index (χ3n) is 1.99. The minimum atomic E-state index is 0.554. The zero-order valence-electron chi connectivity index (χ0n) is 8.02. The third kappa shape index (κ3) is 2.59. The van der Waals surface area contributed by atoms with E-state index in [2.05, 4.69) is 15.5 Å². The van der Waals surface area contributed by atoms with Crippen LogP contribution in [0.1, 0.15) is 11.4 Å². The van der Waals surface area contributed by atoms with E-state index in [-0.39, 0.29) is 0 Å². The average molecular weight is 231 g/mol. The molecule has 0 bridgehead atoms. The van der Waals surface area contributed by atoms with Crippen LogP contribution in [0.25, 0.3) is 0 Å². The van der Waals surface area contributed by atoms with Gasteiger partial charge in [0.05, 0.1) is 0 Å². The maximum absolute atomic E-state index is 4.99. The Morgan fingerprint density at radius 1 is 1.57 bits per heavy atom. The van der Waals surface area contributed by atoms with Gasteiger partial charge in [-0.15, -0.1) is 10.2 Å². The molecule has 78 valence electrons. The Hall–Kier alpha value is -0.330. The normalized spacial score (nSPS) is 21.4. The minimum absolute atomic E-state index is 0.554. The Balaban J connectivity index is 1.88. The Kier molecular flexibility index (Phi) is 3.61. The molecule has 0 spiro atoms. The maximum Gasteiger partial charge on any atom is 0.206 e. The summed E-state index contributed by atoms with van der Waals surface area (Å²) in [6.07, 6.45) is 1.23. The van der Waals surface area contributed by atoms with E-state index in [1.165, 1.54) is 17.9 Å². The van der Waals surface area contributed by atoms with Crippen LogP contribution in [-0.2, 0) is 11.3 Å². The van der Waals surface area contributed by atoms with Gasteiger partial charge in [-0.3, -0.25) is 0 Å². The van der Waals surface area contributed by atoms with E-state index in [4.69, 9.17) is 4.74 Å². The van der Waals surface area contributed by atoms with Crippen molar-refractivity contribution in [3.8, 4) is 0 Å². The number of hydrogen-bond acceptors (Lipinski definition) is 6. The molecule has 0 aromatic carbocycles. The molecule has 0 aliphatic carbocycles. The summed E-state index contributed by atoms with van der Waals surface area (Å²) in [5.74, 6) is 2.43. The molecular formula is C8H13N3OS2. The standard InChI is InChI=1S/C8H13N3OS2/c1-12-4-7-10-11-8(14-7)9-6-2-3-13-5-6/h6H,2-5H2,1H3,(H,9,11). The van der Waals surface area contributed by atoms with Gasteiger partial charge in [0.2, 0.25) is 5.13 Å². The lowest BCUT2D eigenvalue weighted by Gasteiger charge is -2.07. The highest BCUT2D eigenvalue weighted by Gasteiger charge is 2.16. The molecule has 1 aromatic rings. The van der Waals surface area contributed by atoms with E-state index in [0.717, 1.165) is 10.1 Å². The summed E-state index contributed by atoms with van der Waals surface area (Å²) >= 11 is 3.56. The number of nitrogens with zero attached hydrogens (tertiary/aromatic N) is 2. The van der Waals surface area contributed by atoms with Gasteiger partial charge in [0, 0.05) is 18.9 Å². The van der Waals surface area contributed by atoms with Crippen LogP contribution >= 0.6 is 23.1 Å². The Bertz CT molecular complexity index is 286. The van der Waals surface area contributed by atoms with Crippen molar-refractivity contribution in [2.75, 3.05) is 23.9 Å². The van der Waals surface area contributed by atoms with Gasteiger partial charge in [0.1, 0.15) is 11.6 Å². The zero-order chi connectivity index (χ0) is 9.80. The fourth-order valence-electron chi connectivity index (χ4n) is 1.32. The molecule has 0 radical (unpaired) electrons. The summed E-state index contributed by atoms with van der Waals surface area (Å²) in [4.78, 5) is 0. The SMILES string of the molecule is COCc1nnc(NC2CCSC2)s1. The number of methoxy groups -OCH3 is 1. The van der Waals surface area contributed by atoms with Crippen LogP contribution in [-0.4, -0.2) is 34.9 Å². The first-order valence-electron chi connectivity index (χ1n) is 4.54. The molecule has 2 heterocycles. The predicted octanol–water partition coefficient (Wildman–Crippen LogP) is 1.60. The average Bonchev–Trinajstić information content (AvgIpc) is 2.79. The van der Waals surface area contributed by atoms with Crippen molar-refractivity contribution in [1.82, 2.24) is 10.2 Å². The summed E-state index contributed by atoms with van der Waals surface area (Å²) in [5, 5.41) is 13.3. The van der Waals surface area contributed by atoms with E-state index in [1.54, 1.807) is 18.4 Å². The summed E-state index contributed by atoms with van der Waals surface area (Å²) in [7, 11) is 1.67. The number of rotatable bonds is 4. The van der Waals surface area contributed by atoms with Gasteiger partial charge in [-0.25, -0.2) is 0 Å². The summed E-state index contributed by atoms with van der Waals surface area (Å²) < 4.78 is 4.99. The number of anilines is 1. The predicted molar refractivity (Wildman–Crippen MR) is 60.0 cm³/mol. The molecule has 4 nitrogen and oxygen atoms in total. The number of aromatic nitrogens is 2. The quantitative estimate of drug-likeness (QED) is 0.853. The summed E-state index contributed by atoms with van der Waals surface area (Å²) in [6.45, 7) is 0.554. The van der Waals surface area contributed by atoms with Crippen LogP contribution in [0.15, 0.2) is 0 Å². The second-order valence-corrected chi connectivity index (χ2v) is 5.35. The molecule has 1 aliphatic heterocycles. The molecule has 1 aromatic heterocycles. The zero-order valence-corrected chi connectivity index (χ0v) is 9.66. The molecular weight excluding hydrogens is 218 g/mol. The molecule has 1 atom stereocenters. The lowest BCUT2D eigenvalue weighted by Crippen LogP contribution is -2.17. The summed E-state index contributed by atoms with van der Waals surface area (Å²) in [6, 6.07) is 0.573. The number of hydrogen-bond donors (Lipinski definition) is 1. The molecule has 1 aliphatic rings. The van der Waals surface area contributed by atoms with Crippen LogP contribution in [0, 0.1) is 0 Å². The monoisotopic (exact) mass is 231 g/mol. The molecule has 6 heteroatoms. The largest absolute Gasteiger partial charge is 0.377 e. The van der Waals surface area contributed by atoms with Crippen molar-refractivity contribution in [1.29, 1.82) is 0 Å². The van der Waals surface area contributed by atoms with Crippen molar-refractivity contribution in [2.45, 2.75) is 19.1 Å². The Morgan fingerprint density at radius 3 is 3.21 bits per heavy atom. The Labute approximate surface area is 91.4 Å². The van der Waals surface area contributed by atoms with Crippen molar-refractivity contribution in [3.05, 3.63) is 5.01 Å². The van der Waals surface area contributed by atoms with Crippen molar-refractivity contribution < 1.29 is 4.74 Å². The van der Waals surface area contributed by atoms with E-state index >= 15 is 0 Å². The van der Waals surface area contributed by atoms with Gasteiger partial charge in [-0.2, -0.15) is 11.8 Å². The fraction of sp³-hybridized carbons (Fsp3) is 0.750. The van der Waals surface area contributed by atoms with Crippen LogP contribution in [0.3, 0.4) is 0 Å². The van der Waals surface area contributed by atoms with Crippen LogP contribution in [0.4, 0.5) is 5.13 Å². The molecule has 14 heavy (non-hydrogen) atoms. The first-order valence-corrected chi connectivity index (χ1v) is 6.51. The highest BCUT2D eigenvalue weighted by atomic mass is 32.2. The van der Waals surface area contributed by atoms with Gasteiger partial charge in [0.25, 0.3) is 0 Å². The topological polar surface area (TPSA) is 47.0 Å². The van der Waals surface area contributed by atoms with E-state index in [9.17, 15) is 0 Å². The van der Waals surface area contributed by atoms with Crippen molar-refractivity contribution in [3.63, 3.8) is 0 Å². The van der Waals surface area contributed by atoms with E-state index < -0.39 is 0 Å². The second kappa shape index (κ2) is 4.95. The van der Waals surface area contributed by atoms with Gasteiger partial charge in [-0.1, -0.05) is 11.3 Å². The molecule has 2 rings (SSSR count). The maximum atomic E-state index is 4.99. The highest BCUT2D eigenvalue weighted by Crippen LogP contribution is 2.23. The van der Waals surface area contributed by atoms with Crippen molar-refractivity contribution in [2.24, 2.45) is 0 Å². The molecule has 0 saturated carbocycles. The smallest absolute Gasteiger partial charge is 0.206 e. The molecule has 1 N–H and O–H groups in total. The number of nitrogens with one attached hydrogen (secondary N) is 1. The Morgan fingerprint density at radius 2 is 2.50 bits per heavy atom. The first kappa shape index (κ1) is 10.2. The fourth-order valence-corrected chi connectivity index (χ4v) is 3.26. The lowest BCUT2D eigenvalue weighted by atomic mass is 10.3. The number of thioether (sulfide) groups is 1. The van der Waals surface area contributed by atoms with Gasteiger partial charge >= 0.3 is 0 Å². The van der Waals surface area contributed by atoms with Gasteiger partial charge < -0.3 is 10.1 Å². The molecule has 1 unspecified atom stereocenters. The van der Waals surface area contributed by atoms with E-state index in [1.807, 2.05) is 11.8 Å². The highest BCUT2D eigenvalue weighted by molar-refractivity contribution is 7.99. The van der Waals surface area contributed by atoms with Crippen LogP contribution < -0.4 is 5.32 Å². The third-order valence-corrected chi connectivity index (χ3v) is 3.98. The van der Waals surface area contributed by atoms with Crippen LogP contribution in [0.5, 0.6) is 0 Å². The first-order chi connectivity index (χ1) is 6.88. The lowest BCUT2D eigenvalue weighted by molar-refractivity contribution is 0.184. The molecule has 1 saturated heterocycles.